The van der Waals surface area contributed by atoms with Crippen LogP contribution in [0.3, 0.4) is 0 Å². The van der Waals surface area contributed by atoms with Crippen molar-refractivity contribution in [1.29, 1.82) is 0 Å². The van der Waals surface area contributed by atoms with Crippen molar-refractivity contribution in [1.82, 2.24) is 19.4 Å². The van der Waals surface area contributed by atoms with E-state index in [2.05, 4.69) is 35.5 Å². The van der Waals surface area contributed by atoms with Crippen molar-refractivity contribution in [2.24, 2.45) is 0 Å². The molecule has 31 heavy (non-hydrogen) atoms. The summed E-state index contributed by atoms with van der Waals surface area (Å²) in [7, 11) is 0. The number of aromatic nitrogens is 2. The highest BCUT2D eigenvalue weighted by Crippen LogP contribution is 2.15. The number of amides is 1. The van der Waals surface area contributed by atoms with Gasteiger partial charge in [-0.3, -0.25) is 23.9 Å². The van der Waals surface area contributed by atoms with Crippen LogP contribution in [0.4, 0.5) is 0 Å². The number of hydrogen-bond acceptors (Lipinski definition) is 5. The molecule has 1 aromatic carbocycles. The summed E-state index contributed by atoms with van der Waals surface area (Å²) in [6.07, 6.45) is 1.02. The molecule has 0 saturated carbocycles. The molecule has 0 saturated heterocycles. The van der Waals surface area contributed by atoms with Crippen molar-refractivity contribution in [3.05, 3.63) is 67.4 Å². The first-order chi connectivity index (χ1) is 15.0. The molecule has 0 fully saturated rings. The average molecular weight is 443 g/mol. The minimum atomic E-state index is -0.672. The van der Waals surface area contributed by atoms with Gasteiger partial charge in [0.1, 0.15) is 6.54 Å². The zero-order valence-electron chi connectivity index (χ0n) is 18.3. The first-order valence-electron chi connectivity index (χ1n) is 10.7. The standard InChI is InChI=1S/C23H30N4O3S/c1-4-17(3)25(15-18-9-8-14-31-18)13-12-24-21(28)16-27-20-11-7-6-10-19(20)26(5-2)22(29)23(27)30/h6-11,14,17H,4-5,12-13,15-16H2,1-3H3,(H,24,28)/t17-/m0/s1. The Kier molecular flexibility index (Phi) is 7.81. The maximum absolute atomic E-state index is 12.6. The summed E-state index contributed by atoms with van der Waals surface area (Å²) in [5, 5.41) is 4.98. The van der Waals surface area contributed by atoms with Crippen molar-refractivity contribution in [3.8, 4) is 0 Å². The summed E-state index contributed by atoms with van der Waals surface area (Å²) in [5.41, 5.74) is -0.0353. The highest BCUT2D eigenvalue weighted by atomic mass is 32.1. The third kappa shape index (κ3) is 5.32. The molecule has 3 rings (SSSR count). The molecule has 0 aliphatic rings. The Morgan fingerprint density at radius 1 is 1.06 bits per heavy atom. The van der Waals surface area contributed by atoms with Gasteiger partial charge in [-0.25, -0.2) is 0 Å². The first-order valence-corrected chi connectivity index (χ1v) is 11.6. The summed E-state index contributed by atoms with van der Waals surface area (Å²) in [6, 6.07) is 11.7. The number of para-hydroxylation sites is 2. The maximum atomic E-state index is 12.6. The molecule has 0 spiro atoms. The van der Waals surface area contributed by atoms with Crippen LogP contribution in [0.25, 0.3) is 11.0 Å². The van der Waals surface area contributed by atoms with Gasteiger partial charge < -0.3 is 9.88 Å². The first kappa shape index (κ1) is 23.0. The molecule has 1 amide bonds. The summed E-state index contributed by atoms with van der Waals surface area (Å²) in [6.45, 7) is 8.43. The SMILES string of the molecule is CC[C@H](C)N(CCNC(=O)Cn1c(=O)c(=O)n(CC)c2ccccc21)Cc1cccs1. The second kappa shape index (κ2) is 10.5. The Bertz CT molecular complexity index is 1130. The van der Waals surface area contributed by atoms with Crippen molar-refractivity contribution < 1.29 is 4.79 Å². The molecule has 3 aromatic rings. The van der Waals surface area contributed by atoms with Gasteiger partial charge in [-0.15, -0.1) is 11.3 Å². The number of benzene rings is 1. The molecule has 166 valence electrons. The van der Waals surface area contributed by atoms with Crippen LogP contribution in [-0.2, 0) is 24.4 Å². The van der Waals surface area contributed by atoms with Gasteiger partial charge in [0.15, 0.2) is 0 Å². The van der Waals surface area contributed by atoms with Crippen molar-refractivity contribution in [2.45, 2.75) is 52.9 Å². The topological polar surface area (TPSA) is 76.3 Å². The van der Waals surface area contributed by atoms with Gasteiger partial charge >= 0.3 is 11.1 Å². The van der Waals surface area contributed by atoms with E-state index in [1.165, 1.54) is 14.0 Å². The zero-order valence-corrected chi connectivity index (χ0v) is 19.2. The van der Waals surface area contributed by atoms with Crippen LogP contribution >= 0.6 is 11.3 Å². The third-order valence-electron chi connectivity index (χ3n) is 5.63. The molecule has 0 bridgehead atoms. The van der Waals surface area contributed by atoms with Crippen LogP contribution in [0, 0.1) is 0 Å². The van der Waals surface area contributed by atoms with E-state index >= 15 is 0 Å². The minimum Gasteiger partial charge on any atom is -0.353 e. The van der Waals surface area contributed by atoms with Gasteiger partial charge in [0, 0.05) is 37.1 Å². The van der Waals surface area contributed by atoms with Crippen LogP contribution in [0.2, 0.25) is 0 Å². The Balaban J connectivity index is 1.70. The average Bonchev–Trinajstić information content (AvgIpc) is 3.29. The molecule has 0 unspecified atom stereocenters. The molecule has 2 aromatic heterocycles. The second-order valence-electron chi connectivity index (χ2n) is 7.59. The van der Waals surface area contributed by atoms with Gasteiger partial charge in [-0.05, 0) is 43.8 Å². The molecule has 0 radical (unpaired) electrons. The van der Waals surface area contributed by atoms with E-state index in [0.717, 1.165) is 13.0 Å². The summed E-state index contributed by atoms with van der Waals surface area (Å²) < 4.78 is 2.72. The van der Waals surface area contributed by atoms with E-state index in [9.17, 15) is 14.4 Å². The monoisotopic (exact) mass is 442 g/mol. The Labute approximate surface area is 185 Å². The van der Waals surface area contributed by atoms with Crippen molar-refractivity contribution in [3.63, 3.8) is 0 Å². The predicted octanol–water partition coefficient (Wildman–Crippen LogP) is 2.66. The number of carbonyl (C=O) groups is 1. The minimum absolute atomic E-state index is 0.173. The lowest BCUT2D eigenvalue weighted by atomic mass is 10.2. The van der Waals surface area contributed by atoms with E-state index in [1.807, 2.05) is 19.1 Å². The summed E-state index contributed by atoms with van der Waals surface area (Å²) in [4.78, 5) is 41.4. The number of nitrogens with one attached hydrogen (secondary N) is 1. The van der Waals surface area contributed by atoms with E-state index in [-0.39, 0.29) is 12.5 Å². The number of aryl methyl sites for hydroxylation is 1. The summed E-state index contributed by atoms with van der Waals surface area (Å²) in [5.74, 6) is -0.277. The molecule has 1 N–H and O–H groups in total. The molecule has 2 heterocycles. The third-order valence-corrected chi connectivity index (χ3v) is 6.49. The summed E-state index contributed by atoms with van der Waals surface area (Å²) >= 11 is 1.73. The van der Waals surface area contributed by atoms with Crippen LogP contribution < -0.4 is 16.4 Å². The molecular weight excluding hydrogens is 412 g/mol. The van der Waals surface area contributed by atoms with Gasteiger partial charge in [0.05, 0.1) is 11.0 Å². The van der Waals surface area contributed by atoms with Crippen molar-refractivity contribution in [2.75, 3.05) is 13.1 Å². The molecule has 7 nitrogen and oxygen atoms in total. The van der Waals surface area contributed by atoms with Gasteiger partial charge in [-0.2, -0.15) is 0 Å². The fourth-order valence-electron chi connectivity index (χ4n) is 3.70. The maximum Gasteiger partial charge on any atom is 0.317 e. The molecular formula is C23H30N4O3S. The molecule has 0 aliphatic heterocycles. The quantitative estimate of drug-likeness (QED) is 0.490. The second-order valence-corrected chi connectivity index (χ2v) is 8.62. The number of nitrogens with zero attached hydrogens (tertiary/aromatic N) is 3. The van der Waals surface area contributed by atoms with E-state index in [0.29, 0.717) is 36.7 Å². The van der Waals surface area contributed by atoms with E-state index < -0.39 is 11.1 Å². The molecule has 8 heteroatoms. The number of thiophene rings is 1. The zero-order chi connectivity index (χ0) is 22.4. The smallest absolute Gasteiger partial charge is 0.317 e. The predicted molar refractivity (Wildman–Crippen MR) is 126 cm³/mol. The van der Waals surface area contributed by atoms with Crippen LogP contribution in [0.5, 0.6) is 0 Å². The number of hydrogen-bond donors (Lipinski definition) is 1. The van der Waals surface area contributed by atoms with E-state index in [1.54, 1.807) is 29.5 Å². The van der Waals surface area contributed by atoms with Gasteiger partial charge in [-0.1, -0.05) is 25.1 Å². The fourth-order valence-corrected chi connectivity index (χ4v) is 4.43. The van der Waals surface area contributed by atoms with Crippen LogP contribution in [0.1, 0.15) is 32.1 Å². The lowest BCUT2D eigenvalue weighted by Gasteiger charge is -2.28. The van der Waals surface area contributed by atoms with E-state index in [4.69, 9.17) is 0 Å². The number of fused-ring (bicyclic) bond motifs is 1. The number of carbonyl (C=O) groups excluding carboxylic acids is 1. The number of rotatable bonds is 10. The Morgan fingerprint density at radius 2 is 1.74 bits per heavy atom. The van der Waals surface area contributed by atoms with Crippen molar-refractivity contribution >= 4 is 28.3 Å². The molecule has 0 aliphatic carbocycles. The highest BCUT2D eigenvalue weighted by Gasteiger charge is 2.16. The highest BCUT2D eigenvalue weighted by molar-refractivity contribution is 7.09. The van der Waals surface area contributed by atoms with Gasteiger partial charge in [0.2, 0.25) is 5.91 Å². The largest absolute Gasteiger partial charge is 0.353 e. The lowest BCUT2D eigenvalue weighted by Crippen LogP contribution is -2.44. The van der Waals surface area contributed by atoms with Crippen LogP contribution in [-0.4, -0.2) is 39.1 Å². The van der Waals surface area contributed by atoms with Gasteiger partial charge in [0.25, 0.3) is 0 Å². The normalized spacial score (nSPS) is 12.4. The Morgan fingerprint density at radius 3 is 2.35 bits per heavy atom. The van der Waals surface area contributed by atoms with Crippen LogP contribution in [0.15, 0.2) is 51.4 Å². The Hall–Kier alpha value is -2.71. The fraction of sp³-hybridized carbons (Fsp3) is 0.435. The molecule has 1 atom stereocenters. The lowest BCUT2D eigenvalue weighted by molar-refractivity contribution is -0.121.